The van der Waals surface area contributed by atoms with E-state index < -0.39 is 11.7 Å². The second-order valence-corrected chi connectivity index (χ2v) is 5.14. The largest absolute Gasteiger partial charge is 0.366 e. The van der Waals surface area contributed by atoms with Crippen LogP contribution in [0.1, 0.15) is 36.0 Å². The highest BCUT2D eigenvalue weighted by molar-refractivity contribution is 6.32. The van der Waals surface area contributed by atoms with E-state index in [1.165, 1.54) is 0 Å². The van der Waals surface area contributed by atoms with Gasteiger partial charge in [0.1, 0.15) is 5.15 Å². The van der Waals surface area contributed by atoms with Gasteiger partial charge in [-0.2, -0.15) is 0 Å². The Morgan fingerprint density at radius 2 is 1.90 bits per heavy atom. The monoisotopic (exact) mass is 358 g/mol. The Morgan fingerprint density at radius 3 is 2.43 bits per heavy atom. The molecule has 5 N–H and O–H groups in total. The van der Waals surface area contributed by atoms with Gasteiger partial charge in [0.15, 0.2) is 11.6 Å². The molecule has 21 heavy (non-hydrogen) atoms. The summed E-state index contributed by atoms with van der Waals surface area (Å²) in [6.45, 7) is 0. The van der Waals surface area contributed by atoms with Crippen LogP contribution >= 0.6 is 36.4 Å². The topological polar surface area (TPSA) is 94.0 Å². The molecule has 1 saturated carbocycles. The van der Waals surface area contributed by atoms with Gasteiger partial charge < -0.3 is 16.8 Å². The molecule has 9 heteroatoms. The van der Waals surface area contributed by atoms with Crippen molar-refractivity contribution in [2.24, 2.45) is 11.5 Å². The highest BCUT2D eigenvalue weighted by Gasteiger charge is 2.21. The van der Waals surface area contributed by atoms with Crippen molar-refractivity contribution in [3.8, 4) is 0 Å². The Morgan fingerprint density at radius 1 is 1.33 bits per heavy atom. The van der Waals surface area contributed by atoms with E-state index in [4.69, 9.17) is 23.1 Å². The second-order valence-electron chi connectivity index (χ2n) is 4.78. The second kappa shape index (κ2) is 8.58. The van der Waals surface area contributed by atoms with Crippen molar-refractivity contribution in [1.82, 2.24) is 4.98 Å². The Balaban J connectivity index is 0.00000200. The van der Waals surface area contributed by atoms with Gasteiger partial charge in [0, 0.05) is 12.1 Å². The number of amides is 1. The van der Waals surface area contributed by atoms with Gasteiger partial charge in [0.05, 0.1) is 5.56 Å². The molecule has 0 atom stereocenters. The number of pyridine rings is 1. The molecule has 1 aliphatic carbocycles. The molecule has 0 unspecified atom stereocenters. The van der Waals surface area contributed by atoms with Crippen LogP contribution < -0.4 is 16.8 Å². The molecule has 1 aliphatic rings. The van der Waals surface area contributed by atoms with Crippen LogP contribution in [0.15, 0.2) is 6.07 Å². The van der Waals surface area contributed by atoms with Crippen LogP contribution in [0.2, 0.25) is 5.15 Å². The predicted octanol–water partition coefficient (Wildman–Crippen LogP) is 2.50. The van der Waals surface area contributed by atoms with Crippen LogP contribution in [-0.4, -0.2) is 23.0 Å². The van der Waals surface area contributed by atoms with Gasteiger partial charge >= 0.3 is 0 Å². The van der Waals surface area contributed by atoms with Crippen molar-refractivity contribution < 1.29 is 9.18 Å². The number of nitrogens with two attached hydrogens (primary N) is 2. The Kier molecular flexibility index (Phi) is 8.25. The van der Waals surface area contributed by atoms with Crippen LogP contribution in [0.3, 0.4) is 0 Å². The Hall–Kier alpha value is -0.820. The number of halogens is 4. The third kappa shape index (κ3) is 5.14. The summed E-state index contributed by atoms with van der Waals surface area (Å²) in [5.74, 6) is -1.38. The fourth-order valence-electron chi connectivity index (χ4n) is 2.20. The van der Waals surface area contributed by atoms with E-state index in [0.717, 1.165) is 31.7 Å². The SMILES string of the molecule is Cl.Cl.NC(=O)c1cc(F)c(N[C@H]2CC[C@H](N)CC2)nc1Cl. The van der Waals surface area contributed by atoms with Gasteiger partial charge in [-0.15, -0.1) is 24.8 Å². The lowest BCUT2D eigenvalue weighted by Gasteiger charge is -2.27. The minimum atomic E-state index is -0.799. The zero-order chi connectivity index (χ0) is 14.0. The highest BCUT2D eigenvalue weighted by Crippen LogP contribution is 2.24. The minimum Gasteiger partial charge on any atom is -0.366 e. The average molecular weight is 360 g/mol. The molecule has 0 aliphatic heterocycles. The van der Waals surface area contributed by atoms with E-state index >= 15 is 0 Å². The first-order chi connectivity index (χ1) is 8.97. The summed E-state index contributed by atoms with van der Waals surface area (Å²) in [6, 6.07) is 1.35. The van der Waals surface area contributed by atoms with E-state index in [2.05, 4.69) is 10.3 Å². The van der Waals surface area contributed by atoms with Gasteiger partial charge in [0.25, 0.3) is 5.91 Å². The van der Waals surface area contributed by atoms with Crippen LogP contribution in [0.5, 0.6) is 0 Å². The molecule has 1 fully saturated rings. The lowest BCUT2D eigenvalue weighted by atomic mass is 9.92. The molecule has 0 aromatic carbocycles. The van der Waals surface area contributed by atoms with E-state index in [0.29, 0.717) is 0 Å². The number of carbonyl (C=O) groups excluding carboxylic acids is 1. The average Bonchev–Trinajstić information content (AvgIpc) is 2.35. The first-order valence-corrected chi connectivity index (χ1v) is 6.53. The highest BCUT2D eigenvalue weighted by atomic mass is 35.5. The molecule has 0 bridgehead atoms. The summed E-state index contributed by atoms with van der Waals surface area (Å²) in [6.07, 6.45) is 3.51. The molecule has 120 valence electrons. The van der Waals surface area contributed by atoms with Gasteiger partial charge in [0.2, 0.25) is 0 Å². The molecule has 5 nitrogen and oxygen atoms in total. The number of nitrogens with zero attached hydrogens (tertiary/aromatic N) is 1. The van der Waals surface area contributed by atoms with E-state index in [9.17, 15) is 9.18 Å². The smallest absolute Gasteiger partial charge is 0.251 e. The maximum absolute atomic E-state index is 13.8. The molecule has 1 aromatic heterocycles. The fourth-order valence-corrected chi connectivity index (χ4v) is 2.43. The third-order valence-corrected chi connectivity index (χ3v) is 3.60. The minimum absolute atomic E-state index is 0. The molecular weight excluding hydrogens is 342 g/mol. The van der Waals surface area contributed by atoms with E-state index in [-0.39, 0.29) is 53.4 Å². The number of rotatable bonds is 3. The number of nitrogens with one attached hydrogen (secondary N) is 1. The van der Waals surface area contributed by atoms with Crippen molar-refractivity contribution in [3.63, 3.8) is 0 Å². The van der Waals surface area contributed by atoms with Crippen molar-refractivity contribution in [2.45, 2.75) is 37.8 Å². The zero-order valence-corrected chi connectivity index (χ0v) is 13.5. The van der Waals surface area contributed by atoms with Crippen LogP contribution in [-0.2, 0) is 0 Å². The maximum atomic E-state index is 13.8. The lowest BCUT2D eigenvalue weighted by molar-refractivity contribution is 0.0999. The van der Waals surface area contributed by atoms with Crippen molar-refractivity contribution >= 4 is 48.1 Å². The molecule has 1 amide bonds. The van der Waals surface area contributed by atoms with Crippen molar-refractivity contribution in [2.75, 3.05) is 5.32 Å². The molecular formula is C12H18Cl3FN4O. The molecule has 0 saturated heterocycles. The van der Waals surface area contributed by atoms with Crippen LogP contribution in [0, 0.1) is 5.82 Å². The first kappa shape index (κ1) is 20.2. The molecule has 2 rings (SSSR count). The fraction of sp³-hybridized carbons (Fsp3) is 0.500. The quantitative estimate of drug-likeness (QED) is 0.723. The summed E-state index contributed by atoms with van der Waals surface area (Å²) >= 11 is 5.80. The van der Waals surface area contributed by atoms with Gasteiger partial charge in [-0.1, -0.05) is 11.6 Å². The van der Waals surface area contributed by atoms with Crippen molar-refractivity contribution in [3.05, 3.63) is 22.6 Å². The zero-order valence-electron chi connectivity index (χ0n) is 11.1. The van der Waals surface area contributed by atoms with E-state index in [1.807, 2.05) is 0 Å². The van der Waals surface area contributed by atoms with Crippen LogP contribution in [0.4, 0.5) is 10.2 Å². The summed E-state index contributed by atoms with van der Waals surface area (Å²) < 4.78 is 13.8. The number of anilines is 1. The normalized spacial score (nSPS) is 20.9. The predicted molar refractivity (Wildman–Crippen MR) is 86.1 cm³/mol. The number of hydrogen-bond donors (Lipinski definition) is 3. The summed E-state index contributed by atoms with van der Waals surface area (Å²) in [4.78, 5) is 14.9. The third-order valence-electron chi connectivity index (χ3n) is 3.31. The standard InChI is InChI=1S/C12H16ClFN4O.2ClH/c13-10-8(11(16)19)5-9(14)12(18-10)17-7-3-1-6(15)2-4-7;;/h5-7H,1-4,15H2,(H2,16,19)(H,17,18);2*1H/t6-,7-;;. The summed E-state index contributed by atoms with van der Waals surface area (Å²) in [5.41, 5.74) is 10.8. The van der Waals surface area contributed by atoms with Crippen molar-refractivity contribution in [1.29, 1.82) is 0 Å². The maximum Gasteiger partial charge on any atom is 0.251 e. The van der Waals surface area contributed by atoms with Gasteiger partial charge in [-0.25, -0.2) is 9.37 Å². The Labute approximate surface area is 139 Å². The van der Waals surface area contributed by atoms with Crippen LogP contribution in [0.25, 0.3) is 0 Å². The first-order valence-electron chi connectivity index (χ1n) is 6.15. The number of primary amides is 1. The molecule has 0 spiro atoms. The summed E-state index contributed by atoms with van der Waals surface area (Å²) in [7, 11) is 0. The van der Waals surface area contributed by atoms with Gasteiger partial charge in [-0.3, -0.25) is 4.79 Å². The Bertz CT molecular complexity index is 496. The lowest BCUT2D eigenvalue weighted by Crippen LogP contribution is -2.33. The number of hydrogen-bond acceptors (Lipinski definition) is 4. The number of aromatic nitrogens is 1. The summed E-state index contributed by atoms with van der Waals surface area (Å²) in [5, 5.41) is 2.90. The van der Waals surface area contributed by atoms with E-state index in [1.54, 1.807) is 0 Å². The molecule has 1 heterocycles. The number of carbonyl (C=O) groups is 1. The molecule has 1 aromatic rings. The molecule has 0 radical (unpaired) electrons. The van der Waals surface area contributed by atoms with Gasteiger partial charge in [-0.05, 0) is 31.7 Å².